The molecule has 1 heterocycles. The summed E-state index contributed by atoms with van der Waals surface area (Å²) >= 11 is 3.45. The van der Waals surface area contributed by atoms with Gasteiger partial charge >= 0.3 is 0 Å². The van der Waals surface area contributed by atoms with Gasteiger partial charge in [-0.3, -0.25) is 0 Å². The molecule has 2 nitrogen and oxygen atoms in total. The van der Waals surface area contributed by atoms with E-state index in [0.717, 1.165) is 31.5 Å². The van der Waals surface area contributed by atoms with E-state index in [1.54, 1.807) is 0 Å². The van der Waals surface area contributed by atoms with Crippen LogP contribution in [0.15, 0.2) is 24.3 Å². The van der Waals surface area contributed by atoms with Crippen LogP contribution in [0.1, 0.15) is 5.56 Å². The van der Waals surface area contributed by atoms with Gasteiger partial charge in [0.25, 0.3) is 0 Å². The van der Waals surface area contributed by atoms with Crippen molar-refractivity contribution in [3.05, 3.63) is 29.8 Å². The van der Waals surface area contributed by atoms with E-state index in [-0.39, 0.29) is 0 Å². The molecule has 0 aromatic heterocycles. The van der Waals surface area contributed by atoms with Crippen LogP contribution in [0.2, 0.25) is 0 Å². The van der Waals surface area contributed by atoms with Crippen LogP contribution >= 0.6 is 15.9 Å². The lowest BCUT2D eigenvalue weighted by Gasteiger charge is -2.29. The molecule has 1 aromatic carbocycles. The highest BCUT2D eigenvalue weighted by Gasteiger charge is 2.09. The minimum absolute atomic E-state index is 0.939. The molecule has 0 amide bonds. The number of rotatable bonds is 2. The number of benzene rings is 1. The molecule has 3 heteroatoms. The lowest BCUT2D eigenvalue weighted by atomic mass is 10.2. The average molecular weight is 255 g/mol. The molecule has 0 atom stereocenters. The molecule has 1 fully saturated rings. The average Bonchev–Trinajstić information content (AvgIpc) is 2.30. The maximum atomic E-state index is 3.45. The molecule has 2 rings (SSSR count). The van der Waals surface area contributed by atoms with Crippen LogP contribution in [0.25, 0.3) is 0 Å². The summed E-state index contributed by atoms with van der Waals surface area (Å²) in [6, 6.07) is 8.79. The smallest absolute Gasteiger partial charge is 0.0367 e. The Morgan fingerprint density at radius 1 is 1.14 bits per heavy atom. The van der Waals surface area contributed by atoms with Gasteiger partial charge in [-0.25, -0.2) is 0 Å². The molecule has 0 saturated carbocycles. The summed E-state index contributed by atoms with van der Waals surface area (Å²) in [5.41, 5.74) is 2.68. The van der Waals surface area contributed by atoms with Crippen molar-refractivity contribution in [2.75, 3.05) is 31.1 Å². The minimum atomic E-state index is 0.939. The van der Waals surface area contributed by atoms with E-state index >= 15 is 0 Å². The fourth-order valence-corrected chi connectivity index (χ4v) is 2.09. The molecule has 0 bridgehead atoms. The van der Waals surface area contributed by atoms with E-state index in [1.807, 2.05) is 0 Å². The Morgan fingerprint density at radius 3 is 2.36 bits per heavy atom. The molecule has 1 saturated heterocycles. The molecule has 0 aliphatic carbocycles. The molecule has 0 unspecified atom stereocenters. The Balaban J connectivity index is 2.07. The molecule has 14 heavy (non-hydrogen) atoms. The van der Waals surface area contributed by atoms with Gasteiger partial charge in [-0.05, 0) is 17.7 Å². The van der Waals surface area contributed by atoms with Gasteiger partial charge in [0.2, 0.25) is 0 Å². The topological polar surface area (TPSA) is 15.3 Å². The van der Waals surface area contributed by atoms with Crippen LogP contribution in [0, 0.1) is 0 Å². The standard InChI is InChI=1S/C11H15BrN2/c12-9-10-1-3-11(4-2-10)14-7-5-13-6-8-14/h1-4,13H,5-9H2. The molecule has 1 aliphatic heterocycles. The Labute approximate surface area is 93.4 Å². The van der Waals surface area contributed by atoms with Crippen LogP contribution < -0.4 is 10.2 Å². The van der Waals surface area contributed by atoms with Crippen LogP contribution in [0.4, 0.5) is 5.69 Å². The highest BCUT2D eigenvalue weighted by atomic mass is 79.9. The van der Waals surface area contributed by atoms with Gasteiger partial charge in [0.1, 0.15) is 0 Å². The van der Waals surface area contributed by atoms with Crippen LogP contribution in [-0.2, 0) is 5.33 Å². The summed E-state index contributed by atoms with van der Waals surface area (Å²) in [5, 5.41) is 4.30. The zero-order chi connectivity index (χ0) is 9.80. The van der Waals surface area contributed by atoms with Gasteiger partial charge in [-0.1, -0.05) is 28.1 Å². The van der Waals surface area contributed by atoms with Crippen molar-refractivity contribution in [1.29, 1.82) is 0 Å². The zero-order valence-corrected chi connectivity index (χ0v) is 9.76. The monoisotopic (exact) mass is 254 g/mol. The normalized spacial score (nSPS) is 17.1. The largest absolute Gasteiger partial charge is 0.369 e. The first kappa shape index (κ1) is 9.99. The summed E-state index contributed by atoms with van der Waals surface area (Å²) in [5.74, 6) is 0. The number of hydrogen-bond donors (Lipinski definition) is 1. The van der Waals surface area contributed by atoms with Crippen LogP contribution in [0.3, 0.4) is 0 Å². The number of anilines is 1. The second-order valence-corrected chi connectivity index (χ2v) is 4.10. The van der Waals surface area contributed by atoms with E-state index in [9.17, 15) is 0 Å². The summed E-state index contributed by atoms with van der Waals surface area (Å²) in [6.07, 6.45) is 0. The first-order valence-electron chi connectivity index (χ1n) is 5.01. The van der Waals surface area contributed by atoms with Crippen molar-refractivity contribution in [2.24, 2.45) is 0 Å². The fraction of sp³-hybridized carbons (Fsp3) is 0.455. The highest BCUT2D eigenvalue weighted by Crippen LogP contribution is 2.16. The van der Waals surface area contributed by atoms with Crippen molar-refractivity contribution in [2.45, 2.75) is 5.33 Å². The van der Waals surface area contributed by atoms with E-state index < -0.39 is 0 Å². The molecular formula is C11H15BrN2. The molecule has 0 radical (unpaired) electrons. The van der Waals surface area contributed by atoms with Crippen molar-refractivity contribution < 1.29 is 0 Å². The fourth-order valence-electron chi connectivity index (χ4n) is 1.72. The van der Waals surface area contributed by atoms with Gasteiger partial charge < -0.3 is 10.2 Å². The number of piperazine rings is 1. The third-order valence-corrected chi connectivity index (χ3v) is 3.22. The lowest BCUT2D eigenvalue weighted by molar-refractivity contribution is 0.589. The third kappa shape index (κ3) is 2.28. The number of halogens is 1. The van der Waals surface area contributed by atoms with Crippen LogP contribution in [0.5, 0.6) is 0 Å². The van der Waals surface area contributed by atoms with Gasteiger partial charge in [0.15, 0.2) is 0 Å². The van der Waals surface area contributed by atoms with Gasteiger partial charge in [-0.15, -0.1) is 0 Å². The van der Waals surface area contributed by atoms with E-state index in [1.165, 1.54) is 11.3 Å². The quantitative estimate of drug-likeness (QED) is 0.813. The van der Waals surface area contributed by atoms with Crippen molar-refractivity contribution in [3.8, 4) is 0 Å². The Kier molecular flexibility index (Phi) is 3.43. The second-order valence-electron chi connectivity index (χ2n) is 3.54. The van der Waals surface area contributed by atoms with Crippen LogP contribution in [-0.4, -0.2) is 26.2 Å². The van der Waals surface area contributed by atoms with Crippen molar-refractivity contribution in [3.63, 3.8) is 0 Å². The SMILES string of the molecule is BrCc1ccc(N2CCNCC2)cc1. The van der Waals surface area contributed by atoms with Gasteiger partial charge in [0, 0.05) is 37.2 Å². The highest BCUT2D eigenvalue weighted by molar-refractivity contribution is 9.08. The van der Waals surface area contributed by atoms with E-state index in [4.69, 9.17) is 0 Å². The van der Waals surface area contributed by atoms with E-state index in [0.29, 0.717) is 0 Å². The third-order valence-electron chi connectivity index (χ3n) is 2.57. The van der Waals surface area contributed by atoms with E-state index in [2.05, 4.69) is 50.4 Å². The number of alkyl halides is 1. The number of nitrogens with zero attached hydrogens (tertiary/aromatic N) is 1. The molecule has 1 N–H and O–H groups in total. The summed E-state index contributed by atoms with van der Waals surface area (Å²) in [4.78, 5) is 2.43. The van der Waals surface area contributed by atoms with Gasteiger partial charge in [0.05, 0.1) is 0 Å². The molecule has 0 spiro atoms. The van der Waals surface area contributed by atoms with Crippen molar-refractivity contribution in [1.82, 2.24) is 5.32 Å². The molecule has 1 aromatic rings. The van der Waals surface area contributed by atoms with Gasteiger partial charge in [-0.2, -0.15) is 0 Å². The minimum Gasteiger partial charge on any atom is -0.369 e. The maximum Gasteiger partial charge on any atom is 0.0367 e. The lowest BCUT2D eigenvalue weighted by Crippen LogP contribution is -2.43. The molecule has 1 aliphatic rings. The predicted octanol–water partition coefficient (Wildman–Crippen LogP) is 1.99. The second kappa shape index (κ2) is 4.80. The molecular weight excluding hydrogens is 240 g/mol. The maximum absolute atomic E-state index is 3.45. The Morgan fingerprint density at radius 2 is 1.79 bits per heavy atom. The Bertz CT molecular complexity index is 278. The summed E-state index contributed by atoms with van der Waals surface area (Å²) < 4.78 is 0. The summed E-state index contributed by atoms with van der Waals surface area (Å²) in [7, 11) is 0. The zero-order valence-electron chi connectivity index (χ0n) is 8.17. The molecule has 76 valence electrons. The Hall–Kier alpha value is -0.540. The number of hydrogen-bond acceptors (Lipinski definition) is 2. The van der Waals surface area contributed by atoms with Crippen molar-refractivity contribution >= 4 is 21.6 Å². The number of nitrogens with one attached hydrogen (secondary N) is 1. The summed E-state index contributed by atoms with van der Waals surface area (Å²) in [6.45, 7) is 4.43. The first-order valence-corrected chi connectivity index (χ1v) is 6.13. The predicted molar refractivity (Wildman–Crippen MR) is 64.2 cm³/mol. The first-order chi connectivity index (χ1) is 6.90.